The van der Waals surface area contributed by atoms with Gasteiger partial charge >= 0.3 is 0 Å². The van der Waals surface area contributed by atoms with E-state index in [4.69, 9.17) is 9.47 Å². The Morgan fingerprint density at radius 1 is 1.15 bits per heavy atom. The third kappa shape index (κ3) is 1.15. The molecule has 2 aliphatic carbocycles. The highest BCUT2D eigenvalue weighted by Gasteiger charge is 2.52. The first-order chi connectivity index (χ1) is 6.28. The van der Waals surface area contributed by atoms with E-state index in [1.54, 1.807) is 0 Å². The second kappa shape index (κ2) is 2.71. The van der Waals surface area contributed by atoms with Crippen molar-refractivity contribution in [2.24, 2.45) is 17.3 Å². The lowest BCUT2D eigenvalue weighted by atomic mass is 9.74. The second-order valence-corrected chi connectivity index (χ2v) is 5.13. The Balaban J connectivity index is 1.76. The van der Waals surface area contributed by atoms with Crippen molar-refractivity contribution in [3.05, 3.63) is 0 Å². The molecule has 0 aromatic rings. The molecular weight excluding hydrogens is 164 g/mol. The zero-order valence-corrected chi connectivity index (χ0v) is 8.29. The van der Waals surface area contributed by atoms with E-state index in [-0.39, 0.29) is 6.29 Å². The number of hydrogen-bond acceptors (Lipinski definition) is 2. The van der Waals surface area contributed by atoms with Crippen molar-refractivity contribution < 1.29 is 9.47 Å². The summed E-state index contributed by atoms with van der Waals surface area (Å²) in [6.07, 6.45) is 5.73. The summed E-state index contributed by atoms with van der Waals surface area (Å²) < 4.78 is 11.3. The van der Waals surface area contributed by atoms with Crippen LogP contribution in [0.25, 0.3) is 0 Å². The molecule has 2 nitrogen and oxygen atoms in total. The molecule has 0 radical (unpaired) electrons. The van der Waals surface area contributed by atoms with Gasteiger partial charge in [0.05, 0.1) is 13.2 Å². The predicted octanol–water partition coefficient (Wildman–Crippen LogP) is 2.19. The van der Waals surface area contributed by atoms with Crippen LogP contribution >= 0.6 is 0 Å². The number of hydrogen-bond donors (Lipinski definition) is 0. The van der Waals surface area contributed by atoms with Crippen LogP contribution in [-0.2, 0) is 9.47 Å². The molecule has 2 saturated carbocycles. The number of fused-ring (bicyclic) bond motifs is 3. The standard InChI is InChI=1S/C11H18O2/c1-8-12-6-11(7-13-8)5-9-2-3-10(11)4-9/h8-10H,2-7H2,1H3. The van der Waals surface area contributed by atoms with Crippen LogP contribution < -0.4 is 0 Å². The van der Waals surface area contributed by atoms with Crippen LogP contribution in [0.5, 0.6) is 0 Å². The van der Waals surface area contributed by atoms with E-state index in [1.165, 1.54) is 25.7 Å². The van der Waals surface area contributed by atoms with E-state index in [0.717, 1.165) is 25.0 Å². The summed E-state index contributed by atoms with van der Waals surface area (Å²) in [4.78, 5) is 0. The van der Waals surface area contributed by atoms with Crippen molar-refractivity contribution in [1.82, 2.24) is 0 Å². The van der Waals surface area contributed by atoms with Crippen LogP contribution in [0.2, 0.25) is 0 Å². The van der Waals surface area contributed by atoms with Gasteiger partial charge in [0.15, 0.2) is 6.29 Å². The minimum Gasteiger partial charge on any atom is -0.352 e. The molecule has 2 unspecified atom stereocenters. The van der Waals surface area contributed by atoms with Crippen molar-refractivity contribution in [2.75, 3.05) is 13.2 Å². The summed E-state index contributed by atoms with van der Waals surface area (Å²) in [6.45, 7) is 3.91. The van der Waals surface area contributed by atoms with E-state index < -0.39 is 0 Å². The smallest absolute Gasteiger partial charge is 0.154 e. The largest absolute Gasteiger partial charge is 0.352 e. The lowest BCUT2D eigenvalue weighted by Crippen LogP contribution is -2.44. The van der Waals surface area contributed by atoms with Gasteiger partial charge in [0, 0.05) is 5.41 Å². The van der Waals surface area contributed by atoms with Crippen LogP contribution in [0.4, 0.5) is 0 Å². The highest BCUT2D eigenvalue weighted by Crippen LogP contribution is 2.57. The Morgan fingerprint density at radius 3 is 2.46 bits per heavy atom. The van der Waals surface area contributed by atoms with Crippen LogP contribution in [-0.4, -0.2) is 19.5 Å². The van der Waals surface area contributed by atoms with Gasteiger partial charge in [0.2, 0.25) is 0 Å². The van der Waals surface area contributed by atoms with E-state index in [0.29, 0.717) is 5.41 Å². The second-order valence-electron chi connectivity index (χ2n) is 5.13. The zero-order chi connectivity index (χ0) is 8.89. The summed E-state index contributed by atoms with van der Waals surface area (Å²) >= 11 is 0. The van der Waals surface area contributed by atoms with Crippen molar-refractivity contribution in [3.63, 3.8) is 0 Å². The Labute approximate surface area is 79.6 Å². The first kappa shape index (κ1) is 8.25. The monoisotopic (exact) mass is 182 g/mol. The van der Waals surface area contributed by atoms with Crippen molar-refractivity contribution in [1.29, 1.82) is 0 Å². The Bertz CT molecular complexity index is 206. The topological polar surface area (TPSA) is 18.5 Å². The quantitative estimate of drug-likeness (QED) is 0.571. The molecule has 13 heavy (non-hydrogen) atoms. The molecular formula is C11H18O2. The average Bonchev–Trinajstić information content (AvgIpc) is 2.70. The molecule has 3 fully saturated rings. The van der Waals surface area contributed by atoms with Crippen molar-refractivity contribution in [3.8, 4) is 0 Å². The van der Waals surface area contributed by atoms with E-state index >= 15 is 0 Å². The summed E-state index contributed by atoms with van der Waals surface area (Å²) in [5, 5.41) is 0. The molecule has 1 spiro atoms. The first-order valence-electron chi connectivity index (χ1n) is 5.52. The van der Waals surface area contributed by atoms with Crippen LogP contribution in [0.15, 0.2) is 0 Å². The fourth-order valence-electron chi connectivity index (χ4n) is 3.57. The zero-order valence-electron chi connectivity index (χ0n) is 8.29. The number of ether oxygens (including phenoxy) is 2. The molecule has 0 aromatic carbocycles. The highest BCUT2D eigenvalue weighted by molar-refractivity contribution is 5.01. The van der Waals surface area contributed by atoms with Crippen LogP contribution in [0, 0.1) is 17.3 Å². The Hall–Kier alpha value is -0.0800. The molecule has 0 aromatic heterocycles. The predicted molar refractivity (Wildman–Crippen MR) is 49.2 cm³/mol. The maximum Gasteiger partial charge on any atom is 0.154 e. The maximum atomic E-state index is 5.65. The average molecular weight is 182 g/mol. The molecule has 2 atom stereocenters. The summed E-state index contributed by atoms with van der Waals surface area (Å²) in [5.41, 5.74) is 0.426. The van der Waals surface area contributed by atoms with Crippen LogP contribution in [0.3, 0.4) is 0 Å². The molecule has 3 rings (SSSR count). The molecule has 3 aliphatic rings. The number of rotatable bonds is 0. The van der Waals surface area contributed by atoms with E-state index in [9.17, 15) is 0 Å². The summed E-state index contributed by atoms with van der Waals surface area (Å²) in [6, 6.07) is 0. The van der Waals surface area contributed by atoms with Gasteiger partial charge in [-0.05, 0) is 38.0 Å². The van der Waals surface area contributed by atoms with E-state index in [1.807, 2.05) is 6.92 Å². The van der Waals surface area contributed by atoms with Gasteiger partial charge in [-0.2, -0.15) is 0 Å². The molecule has 1 aliphatic heterocycles. The van der Waals surface area contributed by atoms with Crippen molar-refractivity contribution in [2.45, 2.75) is 38.9 Å². The molecule has 0 amide bonds. The Kier molecular flexibility index (Phi) is 1.72. The van der Waals surface area contributed by atoms with Gasteiger partial charge in [0.25, 0.3) is 0 Å². The van der Waals surface area contributed by atoms with Gasteiger partial charge in [-0.25, -0.2) is 0 Å². The van der Waals surface area contributed by atoms with Gasteiger partial charge in [-0.1, -0.05) is 6.42 Å². The SMILES string of the molecule is CC1OCC2(CO1)CC1CCC2C1. The van der Waals surface area contributed by atoms with Gasteiger partial charge in [0.1, 0.15) is 0 Å². The first-order valence-corrected chi connectivity index (χ1v) is 5.52. The summed E-state index contributed by atoms with van der Waals surface area (Å²) in [5.74, 6) is 1.90. The Morgan fingerprint density at radius 2 is 1.92 bits per heavy atom. The van der Waals surface area contributed by atoms with Gasteiger partial charge < -0.3 is 9.47 Å². The fourth-order valence-corrected chi connectivity index (χ4v) is 3.57. The van der Waals surface area contributed by atoms with Crippen LogP contribution in [0.1, 0.15) is 32.6 Å². The minimum atomic E-state index is 0.0322. The van der Waals surface area contributed by atoms with E-state index in [2.05, 4.69) is 0 Å². The third-order valence-electron chi connectivity index (χ3n) is 4.31. The third-order valence-corrected chi connectivity index (χ3v) is 4.31. The molecule has 0 N–H and O–H groups in total. The molecule has 1 heterocycles. The molecule has 2 bridgehead atoms. The molecule has 1 saturated heterocycles. The molecule has 2 heteroatoms. The van der Waals surface area contributed by atoms with Gasteiger partial charge in [-0.3, -0.25) is 0 Å². The minimum absolute atomic E-state index is 0.0322. The summed E-state index contributed by atoms with van der Waals surface area (Å²) in [7, 11) is 0. The van der Waals surface area contributed by atoms with Gasteiger partial charge in [-0.15, -0.1) is 0 Å². The highest BCUT2D eigenvalue weighted by atomic mass is 16.7. The maximum absolute atomic E-state index is 5.65. The lowest BCUT2D eigenvalue weighted by molar-refractivity contribution is -0.231. The van der Waals surface area contributed by atoms with Crippen molar-refractivity contribution >= 4 is 0 Å². The fraction of sp³-hybridized carbons (Fsp3) is 1.00. The molecule has 74 valence electrons. The lowest BCUT2D eigenvalue weighted by Gasteiger charge is -2.42. The normalized spacial score (nSPS) is 54.7.